The van der Waals surface area contributed by atoms with E-state index < -0.39 is 5.60 Å². The fourth-order valence-corrected chi connectivity index (χ4v) is 5.50. The minimum absolute atomic E-state index is 0.208. The van der Waals surface area contributed by atoms with Gasteiger partial charge >= 0.3 is 6.09 Å². The first-order chi connectivity index (χ1) is 18.7. The number of ether oxygens (including phenoxy) is 3. The van der Waals surface area contributed by atoms with Crippen molar-refractivity contribution < 1.29 is 23.8 Å². The van der Waals surface area contributed by atoms with Crippen LogP contribution in [0.25, 0.3) is 21.6 Å². The number of anilines is 1. The van der Waals surface area contributed by atoms with Crippen LogP contribution in [-0.4, -0.2) is 57.3 Å². The smallest absolute Gasteiger partial charge is 0.410 e. The number of hydrogen-bond acceptors (Lipinski definition) is 8. The topological polar surface area (TPSA) is 119 Å². The number of nitrogens with one attached hydrogen (secondary N) is 2. The Balaban J connectivity index is 1.10. The number of H-pyrrole nitrogens is 1. The van der Waals surface area contributed by atoms with Gasteiger partial charge in [-0.15, -0.1) is 11.3 Å². The van der Waals surface area contributed by atoms with Crippen molar-refractivity contribution in [1.29, 1.82) is 0 Å². The van der Waals surface area contributed by atoms with Gasteiger partial charge in [0.05, 0.1) is 17.2 Å². The maximum absolute atomic E-state index is 13.0. The molecule has 10 nitrogen and oxygen atoms in total. The van der Waals surface area contributed by atoms with E-state index in [1.54, 1.807) is 11.1 Å². The summed E-state index contributed by atoms with van der Waals surface area (Å²) in [5.74, 6) is 2.27. The van der Waals surface area contributed by atoms with E-state index in [0.717, 1.165) is 40.3 Å². The molecule has 2 amide bonds. The highest BCUT2D eigenvalue weighted by Gasteiger charge is 2.29. The Morgan fingerprint density at radius 2 is 1.90 bits per heavy atom. The van der Waals surface area contributed by atoms with Gasteiger partial charge in [-0.25, -0.2) is 14.8 Å². The van der Waals surface area contributed by atoms with Crippen molar-refractivity contribution in [3.63, 3.8) is 0 Å². The maximum atomic E-state index is 13.0. The molecule has 11 heteroatoms. The zero-order valence-electron chi connectivity index (χ0n) is 21.9. The van der Waals surface area contributed by atoms with Crippen LogP contribution >= 0.6 is 11.3 Å². The molecule has 0 atom stereocenters. The van der Waals surface area contributed by atoms with Gasteiger partial charge in [-0.1, -0.05) is 0 Å². The second-order valence-corrected chi connectivity index (χ2v) is 11.7. The first-order valence-corrected chi connectivity index (χ1v) is 13.7. The summed E-state index contributed by atoms with van der Waals surface area (Å²) in [5, 5.41) is 3.69. The summed E-state index contributed by atoms with van der Waals surface area (Å²) in [6, 6.07) is 11.2. The van der Waals surface area contributed by atoms with Crippen molar-refractivity contribution in [2.45, 2.75) is 45.1 Å². The first-order valence-electron chi connectivity index (χ1n) is 12.9. The van der Waals surface area contributed by atoms with Crippen molar-refractivity contribution >= 4 is 40.1 Å². The summed E-state index contributed by atoms with van der Waals surface area (Å²) in [6.45, 7) is 7.08. The van der Waals surface area contributed by atoms with Crippen LogP contribution in [0.2, 0.25) is 0 Å². The molecule has 39 heavy (non-hydrogen) atoms. The number of amides is 2. The highest BCUT2D eigenvalue weighted by molar-refractivity contribution is 7.17. The molecule has 202 valence electrons. The largest absolute Gasteiger partial charge is 0.454 e. The molecule has 0 aliphatic carbocycles. The van der Waals surface area contributed by atoms with E-state index in [0.29, 0.717) is 35.2 Å². The quantitative estimate of drug-likeness (QED) is 0.332. The predicted octanol–water partition coefficient (Wildman–Crippen LogP) is 5.78. The molecule has 2 aromatic heterocycles. The van der Waals surface area contributed by atoms with Gasteiger partial charge in [-0.3, -0.25) is 4.79 Å². The van der Waals surface area contributed by atoms with E-state index in [-0.39, 0.29) is 24.7 Å². The van der Waals surface area contributed by atoms with E-state index in [1.165, 1.54) is 11.3 Å². The highest BCUT2D eigenvalue weighted by atomic mass is 32.1. The fraction of sp³-hybridized carbons (Fsp3) is 0.357. The lowest BCUT2D eigenvalue weighted by atomic mass is 9.96. The Morgan fingerprint density at radius 1 is 1.10 bits per heavy atom. The molecule has 2 aromatic carbocycles. The maximum Gasteiger partial charge on any atom is 0.410 e. The SMILES string of the molecule is CC(C)(C)OC(=O)N1CCC(c2nc3ccc(NC(=O)c4cnc(-c5ccc6c(c5)OCO6)s4)cc3[nH]2)CC1. The first kappa shape index (κ1) is 25.2. The van der Waals surface area contributed by atoms with E-state index in [2.05, 4.69) is 15.3 Å². The molecule has 2 aliphatic heterocycles. The van der Waals surface area contributed by atoms with Crippen molar-refractivity contribution in [3.8, 4) is 22.1 Å². The molecule has 0 bridgehead atoms. The van der Waals surface area contributed by atoms with Gasteiger partial charge in [0, 0.05) is 30.3 Å². The van der Waals surface area contributed by atoms with Crippen molar-refractivity contribution in [2.75, 3.05) is 25.2 Å². The molecular formula is C28H29N5O5S. The number of imidazole rings is 1. The minimum Gasteiger partial charge on any atom is -0.454 e. The Kier molecular flexibility index (Phi) is 6.38. The Labute approximate surface area is 229 Å². The Bertz CT molecular complexity index is 1550. The summed E-state index contributed by atoms with van der Waals surface area (Å²) < 4.78 is 16.3. The van der Waals surface area contributed by atoms with Crippen molar-refractivity contribution in [3.05, 3.63) is 53.3 Å². The lowest BCUT2D eigenvalue weighted by Gasteiger charge is -2.32. The molecule has 2 aliphatic rings. The second-order valence-electron chi connectivity index (χ2n) is 10.6. The third-order valence-corrected chi connectivity index (χ3v) is 7.69. The third kappa shape index (κ3) is 5.40. The number of piperidine rings is 1. The Hall–Kier alpha value is -4.12. The summed E-state index contributed by atoms with van der Waals surface area (Å²) in [7, 11) is 0. The Morgan fingerprint density at radius 3 is 2.69 bits per heavy atom. The summed E-state index contributed by atoms with van der Waals surface area (Å²) in [6.07, 6.45) is 2.92. The molecule has 0 spiro atoms. The fourth-order valence-electron chi connectivity index (χ4n) is 4.70. The van der Waals surface area contributed by atoms with Gasteiger partial charge in [0.2, 0.25) is 6.79 Å². The molecule has 2 N–H and O–H groups in total. The number of rotatable bonds is 4. The number of fused-ring (bicyclic) bond motifs is 2. The van der Waals surface area contributed by atoms with E-state index in [9.17, 15) is 9.59 Å². The van der Waals surface area contributed by atoms with Gasteiger partial charge in [-0.05, 0) is 70.0 Å². The number of carbonyl (C=O) groups excluding carboxylic acids is 2. The number of likely N-dealkylation sites (tertiary alicyclic amines) is 1. The number of hydrogen-bond donors (Lipinski definition) is 2. The van der Waals surface area contributed by atoms with Gasteiger partial charge < -0.3 is 29.4 Å². The number of aromatic amines is 1. The molecule has 4 aromatic rings. The molecule has 0 radical (unpaired) electrons. The molecule has 4 heterocycles. The van der Waals surface area contributed by atoms with Gasteiger partial charge in [0.25, 0.3) is 5.91 Å². The normalized spacial score (nSPS) is 15.5. The van der Waals surface area contributed by atoms with Crippen LogP contribution < -0.4 is 14.8 Å². The molecule has 0 saturated carbocycles. The average Bonchev–Trinajstić information content (AvgIpc) is 3.66. The van der Waals surface area contributed by atoms with Crippen LogP contribution in [0.15, 0.2) is 42.6 Å². The molecule has 0 unspecified atom stereocenters. The number of carbonyl (C=O) groups is 2. The number of aromatic nitrogens is 3. The van der Waals surface area contributed by atoms with Crippen LogP contribution in [0.5, 0.6) is 11.5 Å². The van der Waals surface area contributed by atoms with E-state index in [4.69, 9.17) is 19.2 Å². The predicted molar refractivity (Wildman–Crippen MR) is 148 cm³/mol. The lowest BCUT2D eigenvalue weighted by Crippen LogP contribution is -2.41. The monoisotopic (exact) mass is 547 g/mol. The molecule has 1 saturated heterocycles. The standard InChI is InChI=1S/C28H29N5O5S/c1-28(2,3)38-27(35)33-10-8-16(9-11-33)24-31-19-6-5-18(13-20(19)32-24)30-25(34)23-14-29-26(39-23)17-4-7-21-22(12-17)37-15-36-21/h4-7,12-14,16H,8-11,15H2,1-3H3,(H,30,34)(H,31,32). The molecule has 1 fully saturated rings. The van der Waals surface area contributed by atoms with Crippen LogP contribution in [0, 0.1) is 0 Å². The zero-order valence-corrected chi connectivity index (χ0v) is 22.8. The summed E-state index contributed by atoms with van der Waals surface area (Å²) >= 11 is 1.31. The minimum atomic E-state index is -0.505. The highest BCUT2D eigenvalue weighted by Crippen LogP contribution is 2.37. The van der Waals surface area contributed by atoms with Gasteiger partial charge in [0.15, 0.2) is 11.5 Å². The number of nitrogens with zero attached hydrogens (tertiary/aromatic N) is 3. The van der Waals surface area contributed by atoms with Gasteiger partial charge in [-0.2, -0.15) is 0 Å². The number of benzene rings is 2. The molecule has 6 rings (SSSR count). The summed E-state index contributed by atoms with van der Waals surface area (Å²) in [4.78, 5) is 40.2. The van der Waals surface area contributed by atoms with Crippen LogP contribution in [0.3, 0.4) is 0 Å². The summed E-state index contributed by atoms with van der Waals surface area (Å²) in [5.41, 5.74) is 2.71. The second kappa shape index (κ2) is 9.88. The lowest BCUT2D eigenvalue weighted by molar-refractivity contribution is 0.0203. The third-order valence-electron chi connectivity index (χ3n) is 6.64. The number of thiazole rings is 1. The van der Waals surface area contributed by atoms with Crippen molar-refractivity contribution in [1.82, 2.24) is 19.9 Å². The molecular weight excluding hydrogens is 518 g/mol. The average molecular weight is 548 g/mol. The van der Waals surface area contributed by atoms with E-state index >= 15 is 0 Å². The van der Waals surface area contributed by atoms with Crippen LogP contribution in [-0.2, 0) is 4.74 Å². The van der Waals surface area contributed by atoms with Crippen LogP contribution in [0.4, 0.5) is 10.5 Å². The zero-order chi connectivity index (χ0) is 27.1. The van der Waals surface area contributed by atoms with Crippen molar-refractivity contribution in [2.24, 2.45) is 0 Å². The van der Waals surface area contributed by atoms with Crippen LogP contribution in [0.1, 0.15) is 55.0 Å². The van der Waals surface area contributed by atoms with Gasteiger partial charge in [0.1, 0.15) is 21.3 Å². The van der Waals surface area contributed by atoms with E-state index in [1.807, 2.05) is 57.2 Å².